The molecule has 8 nitrogen and oxygen atoms in total. The molecule has 0 bridgehead atoms. The smallest absolute Gasteiger partial charge is 0.296 e. The summed E-state index contributed by atoms with van der Waals surface area (Å²) in [5.41, 5.74) is 5.91. The van der Waals surface area contributed by atoms with Gasteiger partial charge in [0, 0.05) is 35.3 Å². The summed E-state index contributed by atoms with van der Waals surface area (Å²) in [5, 5.41) is 14.4. The highest BCUT2D eigenvalue weighted by molar-refractivity contribution is 5.78. The average molecular weight is 446 g/mol. The van der Waals surface area contributed by atoms with Gasteiger partial charge in [0.2, 0.25) is 5.82 Å². The molecular weight excluding hydrogens is 414 g/mol. The van der Waals surface area contributed by atoms with Crippen molar-refractivity contribution in [3.63, 3.8) is 0 Å². The largest absolute Gasteiger partial charge is 0.328 e. The summed E-state index contributed by atoms with van der Waals surface area (Å²) in [7, 11) is 0. The first-order chi connectivity index (χ1) is 16.0. The number of nitrogens with zero attached hydrogens (tertiary/aromatic N) is 6. The lowest BCUT2D eigenvalue weighted by Crippen LogP contribution is -2.27. The van der Waals surface area contributed by atoms with Gasteiger partial charge in [-0.05, 0) is 42.5 Å². The molecule has 0 spiro atoms. The van der Waals surface area contributed by atoms with E-state index in [0.717, 1.165) is 59.6 Å². The molecule has 0 atom stereocenters. The van der Waals surface area contributed by atoms with Gasteiger partial charge in [0.05, 0.1) is 12.2 Å². The number of rotatable bonds is 9. The van der Waals surface area contributed by atoms with Gasteiger partial charge in [-0.25, -0.2) is 4.79 Å². The van der Waals surface area contributed by atoms with E-state index in [1.807, 2.05) is 51.7 Å². The van der Waals surface area contributed by atoms with Crippen LogP contribution < -0.4 is 5.69 Å². The Morgan fingerprint density at radius 1 is 1.06 bits per heavy atom. The summed E-state index contributed by atoms with van der Waals surface area (Å²) in [6, 6.07) is 11.9. The molecule has 4 rings (SSSR count). The molecule has 0 aliphatic heterocycles. The molecule has 172 valence electrons. The standard InChI is InChI=1S/C25H31N7O/c1-5-6-11-23-18(4)31(15-17(2)3)25(33)32(23)16-19-12-13-22(26-14-19)20-9-7-8-10-21(20)24-27-29-30-28-24/h7-10,12-14,17H,5-6,11,15-16H2,1-4H3,(H,27,28,29,30). The fourth-order valence-corrected chi connectivity index (χ4v) is 4.20. The van der Waals surface area contributed by atoms with Crippen LogP contribution in [0.1, 0.15) is 50.6 Å². The maximum Gasteiger partial charge on any atom is 0.328 e. The minimum absolute atomic E-state index is 0.0684. The zero-order chi connectivity index (χ0) is 23.4. The number of imidazole rings is 1. The zero-order valence-electron chi connectivity index (χ0n) is 19.7. The van der Waals surface area contributed by atoms with Crippen molar-refractivity contribution >= 4 is 0 Å². The highest BCUT2D eigenvalue weighted by Gasteiger charge is 2.18. The van der Waals surface area contributed by atoms with Gasteiger partial charge in [-0.3, -0.25) is 14.1 Å². The second-order valence-corrected chi connectivity index (χ2v) is 8.84. The normalized spacial score (nSPS) is 11.4. The number of hydrogen-bond acceptors (Lipinski definition) is 5. The molecule has 0 saturated carbocycles. The fourth-order valence-electron chi connectivity index (χ4n) is 4.20. The molecule has 1 aromatic carbocycles. The Morgan fingerprint density at radius 2 is 1.85 bits per heavy atom. The summed E-state index contributed by atoms with van der Waals surface area (Å²) >= 11 is 0. The van der Waals surface area contributed by atoms with Crippen LogP contribution in [-0.4, -0.2) is 34.7 Å². The number of nitrogens with one attached hydrogen (secondary N) is 1. The molecule has 1 N–H and O–H groups in total. The van der Waals surface area contributed by atoms with Crippen LogP contribution in [0.15, 0.2) is 47.4 Å². The van der Waals surface area contributed by atoms with Gasteiger partial charge < -0.3 is 0 Å². The lowest BCUT2D eigenvalue weighted by molar-refractivity contribution is 0.497. The molecule has 0 radical (unpaired) electrons. The number of aromatic nitrogens is 7. The van der Waals surface area contributed by atoms with Gasteiger partial charge in [0.15, 0.2) is 0 Å². The van der Waals surface area contributed by atoms with Gasteiger partial charge in [0.25, 0.3) is 0 Å². The monoisotopic (exact) mass is 445 g/mol. The van der Waals surface area contributed by atoms with Crippen molar-refractivity contribution in [2.24, 2.45) is 5.92 Å². The summed E-state index contributed by atoms with van der Waals surface area (Å²) in [5.74, 6) is 0.946. The average Bonchev–Trinajstić information content (AvgIpc) is 3.42. The first kappa shape index (κ1) is 22.6. The van der Waals surface area contributed by atoms with Crippen LogP contribution >= 0.6 is 0 Å². The van der Waals surface area contributed by atoms with Gasteiger partial charge in [-0.15, -0.1) is 10.2 Å². The van der Waals surface area contributed by atoms with E-state index in [1.54, 1.807) is 0 Å². The van der Waals surface area contributed by atoms with Crippen LogP contribution in [0.25, 0.3) is 22.6 Å². The lowest BCUT2D eigenvalue weighted by atomic mass is 10.0. The molecule has 33 heavy (non-hydrogen) atoms. The van der Waals surface area contributed by atoms with E-state index in [-0.39, 0.29) is 5.69 Å². The third-order valence-corrected chi connectivity index (χ3v) is 5.88. The lowest BCUT2D eigenvalue weighted by Gasteiger charge is -2.10. The maximum atomic E-state index is 13.3. The van der Waals surface area contributed by atoms with Crippen molar-refractivity contribution in [2.75, 3.05) is 0 Å². The number of benzene rings is 1. The summed E-state index contributed by atoms with van der Waals surface area (Å²) < 4.78 is 3.86. The quantitative estimate of drug-likeness (QED) is 0.416. The molecule has 0 aliphatic rings. The van der Waals surface area contributed by atoms with E-state index in [4.69, 9.17) is 4.98 Å². The van der Waals surface area contributed by atoms with Crippen molar-refractivity contribution < 1.29 is 0 Å². The topological polar surface area (TPSA) is 94.3 Å². The molecule has 3 heterocycles. The predicted octanol–water partition coefficient (Wildman–Crippen LogP) is 4.25. The number of pyridine rings is 1. The van der Waals surface area contributed by atoms with Crippen LogP contribution in [0.4, 0.5) is 0 Å². The molecule has 0 saturated heterocycles. The highest BCUT2D eigenvalue weighted by Crippen LogP contribution is 2.28. The summed E-state index contributed by atoms with van der Waals surface area (Å²) in [6.07, 6.45) is 4.93. The van der Waals surface area contributed by atoms with Gasteiger partial charge >= 0.3 is 5.69 Å². The number of tetrazole rings is 1. The van der Waals surface area contributed by atoms with Gasteiger partial charge in [-0.2, -0.15) is 5.21 Å². The maximum absolute atomic E-state index is 13.3. The van der Waals surface area contributed by atoms with Gasteiger partial charge in [-0.1, -0.05) is 57.5 Å². The summed E-state index contributed by atoms with van der Waals surface area (Å²) in [4.78, 5) is 18.0. The minimum Gasteiger partial charge on any atom is -0.296 e. The molecular formula is C25H31N7O. The van der Waals surface area contributed by atoms with E-state index < -0.39 is 0 Å². The summed E-state index contributed by atoms with van der Waals surface area (Å²) in [6.45, 7) is 9.79. The van der Waals surface area contributed by atoms with Crippen molar-refractivity contribution in [1.82, 2.24) is 34.7 Å². The SMILES string of the molecule is CCCCc1c(C)n(CC(C)C)c(=O)n1Cc1ccc(-c2ccccc2-c2nn[nH]n2)nc1. The Balaban J connectivity index is 1.65. The van der Waals surface area contributed by atoms with E-state index >= 15 is 0 Å². The Morgan fingerprint density at radius 3 is 2.48 bits per heavy atom. The third-order valence-electron chi connectivity index (χ3n) is 5.88. The molecule has 0 aliphatic carbocycles. The van der Waals surface area contributed by atoms with Crippen molar-refractivity contribution in [3.05, 3.63) is 70.0 Å². The Kier molecular flexibility index (Phi) is 6.82. The van der Waals surface area contributed by atoms with Crippen molar-refractivity contribution in [2.45, 2.75) is 60.0 Å². The van der Waals surface area contributed by atoms with E-state index in [2.05, 4.69) is 48.3 Å². The second-order valence-electron chi connectivity index (χ2n) is 8.84. The molecule has 0 amide bonds. The van der Waals surface area contributed by atoms with Crippen molar-refractivity contribution in [1.29, 1.82) is 0 Å². The molecule has 0 unspecified atom stereocenters. The van der Waals surface area contributed by atoms with Crippen LogP contribution in [0.2, 0.25) is 0 Å². The van der Waals surface area contributed by atoms with Crippen LogP contribution in [-0.2, 0) is 19.5 Å². The van der Waals surface area contributed by atoms with Crippen LogP contribution in [0.5, 0.6) is 0 Å². The third kappa shape index (κ3) is 4.79. The minimum atomic E-state index is 0.0684. The first-order valence-electron chi connectivity index (χ1n) is 11.6. The fraction of sp³-hybridized carbons (Fsp3) is 0.400. The Bertz CT molecular complexity index is 1250. The van der Waals surface area contributed by atoms with E-state index in [0.29, 0.717) is 18.3 Å². The highest BCUT2D eigenvalue weighted by atomic mass is 16.1. The van der Waals surface area contributed by atoms with Crippen LogP contribution in [0.3, 0.4) is 0 Å². The number of unbranched alkanes of at least 4 members (excludes halogenated alkanes) is 1. The van der Waals surface area contributed by atoms with Crippen molar-refractivity contribution in [3.8, 4) is 22.6 Å². The van der Waals surface area contributed by atoms with Crippen LogP contribution in [0, 0.1) is 12.8 Å². The molecule has 3 aromatic heterocycles. The number of H-pyrrole nitrogens is 1. The predicted molar refractivity (Wildman–Crippen MR) is 129 cm³/mol. The number of aromatic amines is 1. The Hall–Kier alpha value is -3.55. The molecule has 8 heteroatoms. The first-order valence-corrected chi connectivity index (χ1v) is 11.6. The van der Waals surface area contributed by atoms with E-state index in [9.17, 15) is 4.79 Å². The molecule has 4 aromatic rings. The van der Waals surface area contributed by atoms with Gasteiger partial charge in [0.1, 0.15) is 0 Å². The molecule has 0 fully saturated rings. The Labute approximate surface area is 193 Å². The second kappa shape index (κ2) is 9.94. The zero-order valence-corrected chi connectivity index (χ0v) is 19.7. The van der Waals surface area contributed by atoms with E-state index in [1.165, 1.54) is 0 Å². The number of hydrogen-bond donors (Lipinski definition) is 1.